The molecular formula is C13H20N2O. The molecule has 0 saturated carbocycles. The zero-order valence-electron chi connectivity index (χ0n) is 10.4. The van der Waals surface area contributed by atoms with Crippen molar-refractivity contribution < 1.29 is 4.79 Å². The van der Waals surface area contributed by atoms with E-state index in [0.29, 0.717) is 5.69 Å². The summed E-state index contributed by atoms with van der Waals surface area (Å²) in [6.45, 7) is 7.39. The molecule has 0 saturated heterocycles. The van der Waals surface area contributed by atoms with E-state index >= 15 is 0 Å². The second-order valence-corrected chi connectivity index (χ2v) is 2.96. The molecule has 1 rings (SSSR count). The highest BCUT2D eigenvalue weighted by Gasteiger charge is 2.06. The average Bonchev–Trinajstić information content (AvgIpc) is 2.30. The van der Waals surface area contributed by atoms with Gasteiger partial charge < -0.3 is 5.73 Å². The van der Waals surface area contributed by atoms with Crippen LogP contribution in [0.1, 0.15) is 27.7 Å². The molecule has 1 amide bonds. The fourth-order valence-electron chi connectivity index (χ4n) is 1.16. The lowest BCUT2D eigenvalue weighted by molar-refractivity contribution is -0.116. The minimum Gasteiger partial charge on any atom is -0.399 e. The van der Waals surface area contributed by atoms with Crippen molar-refractivity contribution in [1.82, 2.24) is 0 Å². The van der Waals surface area contributed by atoms with Gasteiger partial charge in [0.1, 0.15) is 0 Å². The Bertz CT molecular complexity index is 341. The molecule has 0 aliphatic heterocycles. The Morgan fingerprint density at radius 3 is 2.12 bits per heavy atom. The normalized spacial score (nSPS) is 9.50. The third-order valence-electron chi connectivity index (χ3n) is 1.81. The first kappa shape index (κ1) is 14.2. The highest BCUT2D eigenvalue weighted by molar-refractivity contribution is 5.93. The maximum absolute atomic E-state index is 11.3. The molecule has 0 aliphatic rings. The Hall–Kier alpha value is -1.77. The summed E-state index contributed by atoms with van der Waals surface area (Å²) in [6.07, 6.45) is 3.55. The second kappa shape index (κ2) is 7.51. The number of nitrogens with zero attached hydrogens (tertiary/aromatic N) is 1. The van der Waals surface area contributed by atoms with Crippen LogP contribution >= 0.6 is 0 Å². The molecule has 0 fully saturated rings. The third kappa shape index (κ3) is 4.17. The van der Waals surface area contributed by atoms with Gasteiger partial charge in [-0.3, -0.25) is 9.69 Å². The standard InChI is InChI=1S/C11H14N2O.C2H6/c1-3-8-13(9(2)14)11-6-4-10(12)5-7-11;1-2/h3-8H,12H2,1-2H3;1-2H3/b8-3-;. The molecule has 2 N–H and O–H groups in total. The van der Waals surface area contributed by atoms with Crippen molar-refractivity contribution >= 4 is 17.3 Å². The van der Waals surface area contributed by atoms with Gasteiger partial charge in [-0.2, -0.15) is 0 Å². The van der Waals surface area contributed by atoms with E-state index in [4.69, 9.17) is 5.73 Å². The Labute approximate surface area is 97.6 Å². The van der Waals surface area contributed by atoms with E-state index in [0.717, 1.165) is 5.69 Å². The lowest BCUT2D eigenvalue weighted by atomic mass is 10.2. The summed E-state index contributed by atoms with van der Waals surface area (Å²) in [5, 5.41) is 0. The molecule has 0 aromatic heterocycles. The minimum atomic E-state index is -0.0205. The molecule has 3 heteroatoms. The molecule has 3 nitrogen and oxygen atoms in total. The van der Waals surface area contributed by atoms with Gasteiger partial charge in [-0.15, -0.1) is 0 Å². The summed E-state index contributed by atoms with van der Waals surface area (Å²) in [5.74, 6) is -0.0205. The van der Waals surface area contributed by atoms with Gasteiger partial charge in [-0.05, 0) is 31.2 Å². The van der Waals surface area contributed by atoms with Crippen molar-refractivity contribution in [3.05, 3.63) is 36.5 Å². The Morgan fingerprint density at radius 1 is 1.25 bits per heavy atom. The molecule has 0 atom stereocenters. The number of nitrogen functional groups attached to an aromatic ring is 1. The number of carbonyl (C=O) groups excluding carboxylic acids is 1. The van der Waals surface area contributed by atoms with Crippen LogP contribution in [-0.2, 0) is 4.79 Å². The number of hydrogen-bond donors (Lipinski definition) is 1. The number of rotatable bonds is 2. The number of nitrogens with two attached hydrogens (primary N) is 1. The molecule has 16 heavy (non-hydrogen) atoms. The molecule has 88 valence electrons. The van der Waals surface area contributed by atoms with Crippen molar-refractivity contribution in [3.63, 3.8) is 0 Å². The van der Waals surface area contributed by atoms with E-state index in [9.17, 15) is 4.79 Å². The van der Waals surface area contributed by atoms with Crippen LogP contribution in [0.15, 0.2) is 36.5 Å². The van der Waals surface area contributed by atoms with Gasteiger partial charge >= 0.3 is 0 Å². The monoisotopic (exact) mass is 220 g/mol. The zero-order valence-corrected chi connectivity index (χ0v) is 10.4. The number of anilines is 2. The van der Waals surface area contributed by atoms with E-state index in [2.05, 4.69) is 0 Å². The van der Waals surface area contributed by atoms with E-state index in [-0.39, 0.29) is 5.91 Å². The second-order valence-electron chi connectivity index (χ2n) is 2.96. The van der Waals surface area contributed by atoms with Crippen LogP contribution in [-0.4, -0.2) is 5.91 Å². The molecule has 0 unspecified atom stereocenters. The lowest BCUT2D eigenvalue weighted by Crippen LogP contribution is -2.21. The van der Waals surface area contributed by atoms with Gasteiger partial charge in [0.15, 0.2) is 0 Å². The van der Waals surface area contributed by atoms with E-state index in [1.54, 1.807) is 23.2 Å². The quantitative estimate of drug-likeness (QED) is 0.778. The fourth-order valence-corrected chi connectivity index (χ4v) is 1.16. The summed E-state index contributed by atoms with van der Waals surface area (Å²) < 4.78 is 0. The Balaban J connectivity index is 0.00000106. The van der Waals surface area contributed by atoms with Gasteiger partial charge in [0.2, 0.25) is 5.91 Å². The number of carbonyl (C=O) groups is 1. The summed E-state index contributed by atoms with van der Waals surface area (Å²) in [6, 6.07) is 7.18. The maximum atomic E-state index is 11.3. The lowest BCUT2D eigenvalue weighted by Gasteiger charge is -2.16. The van der Waals surface area contributed by atoms with Crippen LogP contribution in [0.5, 0.6) is 0 Å². The van der Waals surface area contributed by atoms with Crippen LogP contribution in [0.25, 0.3) is 0 Å². The maximum Gasteiger partial charge on any atom is 0.227 e. The van der Waals surface area contributed by atoms with Crippen molar-refractivity contribution in [3.8, 4) is 0 Å². The molecule has 1 aromatic carbocycles. The molecule has 1 aromatic rings. The molecule has 0 aliphatic carbocycles. The number of hydrogen-bond acceptors (Lipinski definition) is 2. The topological polar surface area (TPSA) is 46.3 Å². The first-order valence-corrected chi connectivity index (χ1v) is 5.43. The predicted molar refractivity (Wildman–Crippen MR) is 70.2 cm³/mol. The first-order chi connectivity index (χ1) is 7.65. The molecule has 0 spiro atoms. The summed E-state index contributed by atoms with van der Waals surface area (Å²) in [7, 11) is 0. The summed E-state index contributed by atoms with van der Waals surface area (Å²) >= 11 is 0. The van der Waals surface area contributed by atoms with Crippen LogP contribution in [0.3, 0.4) is 0 Å². The SMILES string of the molecule is C/C=C\N(C(C)=O)c1ccc(N)cc1.CC. The van der Waals surface area contributed by atoms with E-state index in [1.807, 2.05) is 39.0 Å². The summed E-state index contributed by atoms with van der Waals surface area (Å²) in [5.41, 5.74) is 7.07. The van der Waals surface area contributed by atoms with Crippen molar-refractivity contribution in [2.75, 3.05) is 10.6 Å². The van der Waals surface area contributed by atoms with Crippen LogP contribution in [0, 0.1) is 0 Å². The number of amides is 1. The van der Waals surface area contributed by atoms with Crippen LogP contribution < -0.4 is 10.6 Å². The molecule has 0 radical (unpaired) electrons. The average molecular weight is 220 g/mol. The highest BCUT2D eigenvalue weighted by atomic mass is 16.2. The largest absolute Gasteiger partial charge is 0.399 e. The molecule has 0 bridgehead atoms. The Morgan fingerprint density at radius 2 is 1.75 bits per heavy atom. The van der Waals surface area contributed by atoms with Gasteiger partial charge in [0, 0.05) is 24.5 Å². The fraction of sp³-hybridized carbons (Fsp3) is 0.308. The van der Waals surface area contributed by atoms with Gasteiger partial charge in [0.25, 0.3) is 0 Å². The zero-order chi connectivity index (χ0) is 12.6. The van der Waals surface area contributed by atoms with E-state index in [1.165, 1.54) is 6.92 Å². The van der Waals surface area contributed by atoms with Gasteiger partial charge in [-0.1, -0.05) is 19.9 Å². The van der Waals surface area contributed by atoms with Crippen molar-refractivity contribution in [1.29, 1.82) is 0 Å². The minimum absolute atomic E-state index is 0.0205. The summed E-state index contributed by atoms with van der Waals surface area (Å²) in [4.78, 5) is 12.8. The Kier molecular flexibility index (Phi) is 6.68. The van der Waals surface area contributed by atoms with Crippen molar-refractivity contribution in [2.24, 2.45) is 0 Å². The smallest absolute Gasteiger partial charge is 0.227 e. The number of benzene rings is 1. The first-order valence-electron chi connectivity index (χ1n) is 5.43. The van der Waals surface area contributed by atoms with Gasteiger partial charge in [0.05, 0.1) is 0 Å². The molecule has 0 heterocycles. The highest BCUT2D eigenvalue weighted by Crippen LogP contribution is 2.16. The van der Waals surface area contributed by atoms with Crippen molar-refractivity contribution in [2.45, 2.75) is 27.7 Å². The predicted octanol–water partition coefficient (Wildman–Crippen LogP) is 3.18. The number of allylic oxidation sites excluding steroid dienone is 1. The third-order valence-corrected chi connectivity index (χ3v) is 1.81. The van der Waals surface area contributed by atoms with Crippen LogP contribution in [0.4, 0.5) is 11.4 Å². The van der Waals surface area contributed by atoms with Crippen LogP contribution in [0.2, 0.25) is 0 Å². The van der Waals surface area contributed by atoms with Gasteiger partial charge in [-0.25, -0.2) is 0 Å². The molecular weight excluding hydrogens is 200 g/mol. The van der Waals surface area contributed by atoms with E-state index < -0.39 is 0 Å².